The van der Waals surface area contributed by atoms with Gasteiger partial charge in [0.05, 0.1) is 6.61 Å². The monoisotopic (exact) mass is 236 g/mol. The van der Waals surface area contributed by atoms with Gasteiger partial charge in [0.1, 0.15) is 0 Å². The van der Waals surface area contributed by atoms with Crippen LogP contribution < -0.4 is 0 Å². The molecule has 1 N–H and O–H groups in total. The van der Waals surface area contributed by atoms with E-state index in [1.54, 1.807) is 18.2 Å². The van der Waals surface area contributed by atoms with Crippen LogP contribution in [0.3, 0.4) is 0 Å². The van der Waals surface area contributed by atoms with E-state index in [0.29, 0.717) is 12.2 Å². The number of rotatable bonds is 5. The second-order valence-corrected chi connectivity index (χ2v) is 3.74. The third kappa shape index (κ3) is 4.26. The first-order valence-corrected chi connectivity index (χ1v) is 5.62. The molecule has 0 atom stereocenters. The third-order valence-corrected chi connectivity index (χ3v) is 2.35. The summed E-state index contributed by atoms with van der Waals surface area (Å²) in [5.41, 5.74) is 0.570. The molecule has 0 aliphatic heterocycles. The van der Waals surface area contributed by atoms with Crippen LogP contribution in [0.15, 0.2) is 35.5 Å². The molecule has 0 fully saturated rings. The Bertz CT molecular complexity index is 388. The average molecular weight is 236 g/mol. The quantitative estimate of drug-likeness (QED) is 0.587. The van der Waals surface area contributed by atoms with E-state index in [0.717, 1.165) is 12.8 Å². The highest BCUT2D eigenvalue weighted by atomic mass is 16.5. The number of carboxylic acid groups (broad SMARTS) is 1. The van der Waals surface area contributed by atoms with E-state index in [9.17, 15) is 9.59 Å². The van der Waals surface area contributed by atoms with E-state index in [1.165, 1.54) is 6.08 Å². The highest BCUT2D eigenvalue weighted by Crippen LogP contribution is 2.16. The van der Waals surface area contributed by atoms with Gasteiger partial charge in [0, 0.05) is 17.6 Å². The van der Waals surface area contributed by atoms with Crippen molar-refractivity contribution in [3.8, 4) is 0 Å². The van der Waals surface area contributed by atoms with Gasteiger partial charge in [-0.15, -0.1) is 0 Å². The summed E-state index contributed by atoms with van der Waals surface area (Å²) in [5, 5.41) is 8.90. The molecule has 0 radical (unpaired) electrons. The van der Waals surface area contributed by atoms with Crippen molar-refractivity contribution in [1.82, 2.24) is 0 Å². The number of aliphatic carboxylic acids is 1. The van der Waals surface area contributed by atoms with Gasteiger partial charge in [-0.25, -0.2) is 9.59 Å². The smallest absolute Gasteiger partial charge is 0.334 e. The Morgan fingerprint density at radius 2 is 1.94 bits per heavy atom. The van der Waals surface area contributed by atoms with Crippen LogP contribution in [0.1, 0.15) is 26.2 Å². The first-order chi connectivity index (χ1) is 8.15. The topological polar surface area (TPSA) is 63.6 Å². The van der Waals surface area contributed by atoms with E-state index >= 15 is 0 Å². The zero-order chi connectivity index (χ0) is 12.7. The fourth-order valence-corrected chi connectivity index (χ4v) is 1.36. The average Bonchev–Trinajstić information content (AvgIpc) is 2.54. The fraction of sp³-hybridized carbons (Fsp3) is 0.385. The lowest BCUT2D eigenvalue weighted by Gasteiger charge is -2.07. The van der Waals surface area contributed by atoms with Crippen LogP contribution in [0.25, 0.3) is 0 Å². The normalized spacial score (nSPS) is 14.6. The minimum absolute atomic E-state index is 0.104. The second kappa shape index (κ2) is 6.68. The molecule has 1 rings (SSSR count). The first-order valence-electron chi connectivity index (χ1n) is 5.62. The van der Waals surface area contributed by atoms with Crippen LogP contribution >= 0.6 is 0 Å². The van der Waals surface area contributed by atoms with Crippen molar-refractivity contribution in [1.29, 1.82) is 0 Å². The van der Waals surface area contributed by atoms with Gasteiger partial charge in [-0.1, -0.05) is 37.6 Å². The number of carbonyl (C=O) groups is 2. The maximum Gasteiger partial charge on any atom is 0.334 e. The Morgan fingerprint density at radius 3 is 2.53 bits per heavy atom. The SMILES string of the molecule is CCCCOC(=O)C1=CC=CC=C(C(=O)O)C1. The summed E-state index contributed by atoms with van der Waals surface area (Å²) in [4.78, 5) is 22.5. The molecular formula is C13H16O4. The van der Waals surface area contributed by atoms with Crippen molar-refractivity contribution >= 4 is 11.9 Å². The molecule has 0 spiro atoms. The van der Waals surface area contributed by atoms with Crippen LogP contribution in [-0.2, 0) is 14.3 Å². The summed E-state index contributed by atoms with van der Waals surface area (Å²) in [5.74, 6) is -1.44. The van der Waals surface area contributed by atoms with E-state index in [-0.39, 0.29) is 12.0 Å². The molecule has 0 saturated heterocycles. The predicted octanol–water partition coefficient (Wildman–Crippen LogP) is 2.23. The minimum atomic E-state index is -1.01. The number of hydrogen-bond donors (Lipinski definition) is 1. The highest BCUT2D eigenvalue weighted by molar-refractivity contribution is 5.94. The number of hydrogen-bond acceptors (Lipinski definition) is 3. The molecule has 0 aromatic rings. The van der Waals surface area contributed by atoms with Crippen LogP contribution in [0.2, 0.25) is 0 Å². The summed E-state index contributed by atoms with van der Waals surface area (Å²) in [6.45, 7) is 2.38. The summed E-state index contributed by atoms with van der Waals surface area (Å²) in [6, 6.07) is 0. The largest absolute Gasteiger partial charge is 0.478 e. The lowest BCUT2D eigenvalue weighted by molar-refractivity contribution is -0.139. The second-order valence-electron chi connectivity index (χ2n) is 3.74. The minimum Gasteiger partial charge on any atom is -0.478 e. The lowest BCUT2D eigenvalue weighted by atomic mass is 10.1. The number of unbranched alkanes of at least 4 members (excludes halogenated alkanes) is 1. The van der Waals surface area contributed by atoms with Crippen molar-refractivity contribution in [2.75, 3.05) is 6.61 Å². The first kappa shape index (κ1) is 13.2. The summed E-state index contributed by atoms with van der Waals surface area (Å²) < 4.78 is 5.04. The summed E-state index contributed by atoms with van der Waals surface area (Å²) in [6.07, 6.45) is 8.21. The van der Waals surface area contributed by atoms with Gasteiger partial charge in [-0.2, -0.15) is 0 Å². The third-order valence-electron chi connectivity index (χ3n) is 2.35. The Morgan fingerprint density at radius 1 is 1.29 bits per heavy atom. The lowest BCUT2D eigenvalue weighted by Crippen LogP contribution is -2.11. The highest BCUT2D eigenvalue weighted by Gasteiger charge is 2.17. The van der Waals surface area contributed by atoms with E-state index in [4.69, 9.17) is 9.84 Å². The molecule has 92 valence electrons. The number of esters is 1. The molecule has 0 saturated carbocycles. The fourth-order valence-electron chi connectivity index (χ4n) is 1.36. The van der Waals surface area contributed by atoms with Crippen molar-refractivity contribution < 1.29 is 19.4 Å². The molecule has 4 nitrogen and oxygen atoms in total. The van der Waals surface area contributed by atoms with Crippen LogP contribution in [0, 0.1) is 0 Å². The molecular weight excluding hydrogens is 220 g/mol. The Balaban J connectivity index is 2.62. The van der Waals surface area contributed by atoms with Gasteiger partial charge in [0.25, 0.3) is 0 Å². The standard InChI is InChI=1S/C13H16O4/c1-2-3-8-17-13(16)11-7-5-4-6-10(9-11)12(14)15/h4-7H,2-3,8-9H2,1H3,(H,14,15). The number of allylic oxidation sites excluding steroid dienone is 4. The molecule has 0 aromatic heterocycles. The van der Waals surface area contributed by atoms with E-state index in [1.807, 2.05) is 6.92 Å². The van der Waals surface area contributed by atoms with Crippen molar-refractivity contribution in [2.24, 2.45) is 0 Å². The van der Waals surface area contributed by atoms with Crippen LogP contribution in [-0.4, -0.2) is 23.7 Å². The molecule has 0 amide bonds. The van der Waals surface area contributed by atoms with Crippen molar-refractivity contribution in [3.63, 3.8) is 0 Å². The van der Waals surface area contributed by atoms with Gasteiger partial charge in [0.15, 0.2) is 0 Å². The molecule has 0 unspecified atom stereocenters. The van der Waals surface area contributed by atoms with Crippen LogP contribution in [0.5, 0.6) is 0 Å². The van der Waals surface area contributed by atoms with Gasteiger partial charge >= 0.3 is 11.9 Å². The van der Waals surface area contributed by atoms with Crippen molar-refractivity contribution in [2.45, 2.75) is 26.2 Å². The van der Waals surface area contributed by atoms with Gasteiger partial charge < -0.3 is 9.84 Å². The molecule has 0 aromatic carbocycles. The Hall–Kier alpha value is -1.84. The predicted molar refractivity (Wildman–Crippen MR) is 63.4 cm³/mol. The molecule has 1 aliphatic carbocycles. The molecule has 1 aliphatic rings. The van der Waals surface area contributed by atoms with Crippen LogP contribution in [0.4, 0.5) is 0 Å². The Labute approximate surface area is 100 Å². The number of carbonyl (C=O) groups excluding carboxylic acids is 1. The molecule has 4 heteroatoms. The van der Waals surface area contributed by atoms with E-state index < -0.39 is 11.9 Å². The van der Waals surface area contributed by atoms with Crippen molar-refractivity contribution in [3.05, 3.63) is 35.5 Å². The van der Waals surface area contributed by atoms with Gasteiger partial charge in [-0.05, 0) is 6.42 Å². The summed E-state index contributed by atoms with van der Waals surface area (Å²) in [7, 11) is 0. The zero-order valence-corrected chi connectivity index (χ0v) is 9.81. The van der Waals surface area contributed by atoms with Gasteiger partial charge in [0.2, 0.25) is 0 Å². The maximum absolute atomic E-state index is 11.6. The number of ether oxygens (including phenoxy) is 1. The summed E-state index contributed by atoms with van der Waals surface area (Å²) >= 11 is 0. The van der Waals surface area contributed by atoms with E-state index in [2.05, 4.69) is 0 Å². The number of carboxylic acids is 1. The van der Waals surface area contributed by atoms with Gasteiger partial charge in [-0.3, -0.25) is 0 Å². The molecule has 0 bridgehead atoms. The molecule has 0 heterocycles. The zero-order valence-electron chi connectivity index (χ0n) is 9.81. The maximum atomic E-state index is 11.6. The molecule has 17 heavy (non-hydrogen) atoms. The Kier molecular flexibility index (Phi) is 5.20.